The zero-order chi connectivity index (χ0) is 23.2. The van der Waals surface area contributed by atoms with Crippen molar-refractivity contribution in [2.75, 3.05) is 0 Å². The molecule has 0 saturated heterocycles. The smallest absolute Gasteiger partial charge is 0.0173 e. The van der Waals surface area contributed by atoms with Gasteiger partial charge in [-0.1, -0.05) is 186 Å². The van der Waals surface area contributed by atoms with Crippen LogP contribution >= 0.6 is 0 Å². The highest BCUT2D eigenvalue weighted by atomic mass is 14.0. The topological polar surface area (TPSA) is 0 Å². The van der Waals surface area contributed by atoms with Gasteiger partial charge in [-0.05, 0) is 12.8 Å². The van der Waals surface area contributed by atoms with Crippen molar-refractivity contribution in [3.05, 3.63) is 19.1 Å². The molecule has 0 rings (SSSR count). The molecule has 0 aromatic heterocycles. The Hall–Kier alpha value is -0.260. The number of unbranched alkanes of at least 4 members (excludes halogenated alkanes) is 28. The fourth-order valence-electron chi connectivity index (χ4n) is 4.87. The minimum atomic E-state index is 1.23. The normalized spacial score (nSPS) is 11.3. The van der Waals surface area contributed by atoms with Crippen molar-refractivity contribution >= 4 is 0 Å². The summed E-state index contributed by atoms with van der Waals surface area (Å²) in [6.07, 6.45) is 45.0. The maximum absolute atomic E-state index is 3.74. The Labute approximate surface area is 205 Å². The van der Waals surface area contributed by atoms with Crippen LogP contribution in [0.3, 0.4) is 0 Å². The minimum absolute atomic E-state index is 1.23. The molecule has 0 saturated carbocycles. The summed E-state index contributed by atoms with van der Waals surface area (Å²) in [6, 6.07) is 0. The maximum Gasteiger partial charge on any atom is -0.0173 e. The van der Waals surface area contributed by atoms with Crippen LogP contribution in [0.2, 0.25) is 0 Å². The van der Waals surface area contributed by atoms with Crippen LogP contribution in [0, 0.1) is 6.42 Å². The van der Waals surface area contributed by atoms with E-state index in [1.807, 2.05) is 6.08 Å². The van der Waals surface area contributed by atoms with Crippen LogP contribution in [-0.2, 0) is 0 Å². The second kappa shape index (κ2) is 30.7. The molecule has 191 valence electrons. The zero-order valence-corrected chi connectivity index (χ0v) is 22.7. The molecule has 0 aliphatic carbocycles. The number of rotatable bonds is 29. The minimum Gasteiger partial charge on any atom is -0.103 e. The molecule has 0 N–H and O–H groups in total. The van der Waals surface area contributed by atoms with Crippen LogP contribution in [0.5, 0.6) is 0 Å². The lowest BCUT2D eigenvalue weighted by atomic mass is 10.0. The molecule has 0 amide bonds. The predicted octanol–water partition coefficient (Wildman–Crippen LogP) is 12.3. The molecular weight excluding hydrogens is 384 g/mol. The molecule has 0 atom stereocenters. The Kier molecular flexibility index (Phi) is 30.5. The molecule has 0 bridgehead atoms. The fraction of sp³-hybridized carbons (Fsp3) is 0.906. The molecule has 0 aromatic rings. The van der Waals surface area contributed by atoms with Crippen molar-refractivity contribution in [1.82, 2.24) is 0 Å². The third-order valence-corrected chi connectivity index (χ3v) is 7.14. The number of allylic oxidation sites excluding steroid dienone is 1. The first-order valence-corrected chi connectivity index (χ1v) is 15.4. The SMILES string of the molecule is C=C[CH]CCCCCCCCCCCCCCCCCCCCCCCCCCCCC. The summed E-state index contributed by atoms with van der Waals surface area (Å²) in [5.74, 6) is 0. The van der Waals surface area contributed by atoms with Gasteiger partial charge in [-0.25, -0.2) is 0 Å². The molecule has 0 aliphatic heterocycles. The summed E-state index contributed by atoms with van der Waals surface area (Å²) in [5, 5.41) is 0. The first-order valence-electron chi connectivity index (χ1n) is 15.4. The van der Waals surface area contributed by atoms with Gasteiger partial charge in [0.25, 0.3) is 0 Å². The van der Waals surface area contributed by atoms with Crippen molar-refractivity contribution in [3.63, 3.8) is 0 Å². The van der Waals surface area contributed by atoms with Crippen molar-refractivity contribution in [2.45, 2.75) is 187 Å². The van der Waals surface area contributed by atoms with E-state index in [0.29, 0.717) is 0 Å². The van der Waals surface area contributed by atoms with Crippen LogP contribution in [0.4, 0.5) is 0 Å². The monoisotopic (exact) mass is 447 g/mol. The van der Waals surface area contributed by atoms with E-state index >= 15 is 0 Å². The van der Waals surface area contributed by atoms with Gasteiger partial charge < -0.3 is 0 Å². The van der Waals surface area contributed by atoms with Gasteiger partial charge in [-0.2, -0.15) is 0 Å². The van der Waals surface area contributed by atoms with Crippen LogP contribution in [0.25, 0.3) is 0 Å². The fourth-order valence-corrected chi connectivity index (χ4v) is 4.87. The third kappa shape index (κ3) is 29.7. The van der Waals surface area contributed by atoms with Gasteiger partial charge in [0.1, 0.15) is 0 Å². The Morgan fingerprint density at radius 2 is 0.562 bits per heavy atom. The Morgan fingerprint density at radius 3 is 0.781 bits per heavy atom. The first-order chi connectivity index (χ1) is 15.9. The van der Waals surface area contributed by atoms with E-state index in [-0.39, 0.29) is 0 Å². The van der Waals surface area contributed by atoms with Crippen molar-refractivity contribution in [3.8, 4) is 0 Å². The molecule has 0 nitrogen and oxygen atoms in total. The number of hydrogen-bond acceptors (Lipinski definition) is 0. The van der Waals surface area contributed by atoms with Gasteiger partial charge >= 0.3 is 0 Å². The first kappa shape index (κ1) is 31.7. The highest BCUT2D eigenvalue weighted by Gasteiger charge is 1.96. The zero-order valence-electron chi connectivity index (χ0n) is 22.7. The molecule has 0 heterocycles. The quantitative estimate of drug-likeness (QED) is 0.0999. The Bertz CT molecular complexity index is 318. The van der Waals surface area contributed by atoms with Gasteiger partial charge in [0.15, 0.2) is 0 Å². The van der Waals surface area contributed by atoms with Gasteiger partial charge in [0, 0.05) is 0 Å². The average molecular weight is 448 g/mol. The van der Waals surface area contributed by atoms with Crippen LogP contribution in [0.1, 0.15) is 187 Å². The van der Waals surface area contributed by atoms with E-state index in [2.05, 4.69) is 19.9 Å². The molecule has 0 aliphatic rings. The van der Waals surface area contributed by atoms with Crippen molar-refractivity contribution < 1.29 is 0 Å². The van der Waals surface area contributed by atoms with E-state index in [1.54, 1.807) is 0 Å². The summed E-state index contributed by atoms with van der Waals surface area (Å²) in [7, 11) is 0. The van der Waals surface area contributed by atoms with E-state index in [4.69, 9.17) is 0 Å². The standard InChI is InChI=1S/C32H63/c1-3-5-7-9-11-13-15-17-19-21-23-25-27-29-31-32-30-28-26-24-22-20-18-16-14-12-10-8-6-4-2/h3,5H,1,4,6-32H2,2H3. The summed E-state index contributed by atoms with van der Waals surface area (Å²) in [6.45, 7) is 6.04. The van der Waals surface area contributed by atoms with E-state index in [1.165, 1.54) is 180 Å². The lowest BCUT2D eigenvalue weighted by Gasteiger charge is -2.04. The maximum atomic E-state index is 3.74. The summed E-state index contributed by atoms with van der Waals surface area (Å²) in [5.41, 5.74) is 0. The molecule has 0 fully saturated rings. The molecule has 0 heteroatoms. The molecule has 0 aromatic carbocycles. The lowest BCUT2D eigenvalue weighted by molar-refractivity contribution is 0.514. The summed E-state index contributed by atoms with van der Waals surface area (Å²) in [4.78, 5) is 0. The van der Waals surface area contributed by atoms with Gasteiger partial charge in [0.05, 0.1) is 0 Å². The highest BCUT2D eigenvalue weighted by molar-refractivity contribution is 4.85. The Balaban J connectivity index is 2.99. The third-order valence-electron chi connectivity index (χ3n) is 7.14. The molecule has 32 heavy (non-hydrogen) atoms. The van der Waals surface area contributed by atoms with Gasteiger partial charge in [-0.15, -0.1) is 6.58 Å². The average Bonchev–Trinajstić information content (AvgIpc) is 2.81. The molecular formula is C32H63. The summed E-state index contributed by atoms with van der Waals surface area (Å²) >= 11 is 0. The number of hydrogen-bond donors (Lipinski definition) is 0. The van der Waals surface area contributed by atoms with Crippen molar-refractivity contribution in [1.29, 1.82) is 0 Å². The second-order valence-electron chi connectivity index (χ2n) is 10.5. The second-order valence-corrected chi connectivity index (χ2v) is 10.5. The van der Waals surface area contributed by atoms with Crippen LogP contribution in [0.15, 0.2) is 12.7 Å². The van der Waals surface area contributed by atoms with E-state index in [9.17, 15) is 0 Å². The van der Waals surface area contributed by atoms with Crippen LogP contribution in [-0.4, -0.2) is 0 Å². The summed E-state index contributed by atoms with van der Waals surface area (Å²) < 4.78 is 0. The van der Waals surface area contributed by atoms with E-state index in [0.717, 1.165) is 0 Å². The van der Waals surface area contributed by atoms with E-state index < -0.39 is 0 Å². The van der Waals surface area contributed by atoms with Gasteiger partial charge in [0.2, 0.25) is 0 Å². The molecule has 0 spiro atoms. The van der Waals surface area contributed by atoms with Crippen molar-refractivity contribution in [2.24, 2.45) is 0 Å². The largest absolute Gasteiger partial charge is 0.103 e. The molecule has 0 unspecified atom stereocenters. The predicted molar refractivity (Wildman–Crippen MR) is 149 cm³/mol. The Morgan fingerprint density at radius 1 is 0.344 bits per heavy atom. The van der Waals surface area contributed by atoms with Crippen LogP contribution < -0.4 is 0 Å². The lowest BCUT2D eigenvalue weighted by Crippen LogP contribution is -1.85. The molecule has 1 radical (unpaired) electrons. The highest BCUT2D eigenvalue weighted by Crippen LogP contribution is 2.16. The van der Waals surface area contributed by atoms with Gasteiger partial charge in [-0.3, -0.25) is 0 Å².